The summed E-state index contributed by atoms with van der Waals surface area (Å²) in [7, 11) is 0. The Labute approximate surface area is 278 Å². The molecule has 1 rings (SSSR count). The lowest BCUT2D eigenvalue weighted by molar-refractivity contribution is -0.172. The van der Waals surface area contributed by atoms with Gasteiger partial charge in [-0.15, -0.1) is 5.92 Å². The van der Waals surface area contributed by atoms with Crippen LogP contribution in [0.2, 0.25) is 0 Å². The van der Waals surface area contributed by atoms with E-state index in [0.717, 1.165) is 44.6 Å². The zero-order valence-electron chi connectivity index (χ0n) is 28.0. The molecule has 1 unspecified atom stereocenters. The van der Waals surface area contributed by atoms with E-state index in [1.807, 2.05) is 6.92 Å². The monoisotopic (exact) mass is 659 g/mol. The van der Waals surface area contributed by atoms with Crippen molar-refractivity contribution >= 4 is 23.8 Å². The van der Waals surface area contributed by atoms with E-state index in [0.29, 0.717) is 30.6 Å². The van der Waals surface area contributed by atoms with Crippen LogP contribution in [0.25, 0.3) is 0 Å². The highest BCUT2D eigenvalue weighted by Gasteiger charge is 2.49. The quantitative estimate of drug-likeness (QED) is 0.0467. The van der Waals surface area contributed by atoms with Gasteiger partial charge >= 0.3 is 17.9 Å². The molecule has 4 atom stereocenters. The van der Waals surface area contributed by atoms with Crippen molar-refractivity contribution in [2.45, 2.75) is 128 Å². The van der Waals surface area contributed by atoms with Gasteiger partial charge in [-0.2, -0.15) is 0 Å². The average molecular weight is 660 g/mol. The van der Waals surface area contributed by atoms with Gasteiger partial charge in [-0.3, -0.25) is 9.59 Å². The van der Waals surface area contributed by atoms with E-state index in [1.165, 1.54) is 25.3 Å². The molecule has 0 fully saturated rings. The minimum atomic E-state index is -3.02. The molecule has 0 heterocycles. The molecule has 0 aliphatic heterocycles. The number of rotatable bonds is 25. The third-order valence-corrected chi connectivity index (χ3v) is 8.04. The first kappa shape index (κ1) is 41.1. The number of carbonyl (C=O) groups is 4. The third-order valence-electron chi connectivity index (χ3n) is 8.04. The predicted octanol–water partition coefficient (Wildman–Crippen LogP) is 5.12. The van der Waals surface area contributed by atoms with E-state index in [1.54, 1.807) is 31.2 Å². The number of nitrogens with one attached hydrogen (secondary N) is 1. The molecule has 1 amide bonds. The lowest BCUT2D eigenvalue weighted by Gasteiger charge is -2.29. The van der Waals surface area contributed by atoms with Crippen LogP contribution >= 0.6 is 0 Å². The highest BCUT2D eigenvalue weighted by molar-refractivity contribution is 5.94. The average Bonchev–Trinajstić information content (AvgIpc) is 3.00. The van der Waals surface area contributed by atoms with Gasteiger partial charge in [0.15, 0.2) is 5.60 Å². The zero-order chi connectivity index (χ0) is 35.3. The Morgan fingerprint density at radius 3 is 2.04 bits per heavy atom. The van der Waals surface area contributed by atoms with Crippen LogP contribution in [0.5, 0.6) is 5.75 Å². The summed E-state index contributed by atoms with van der Waals surface area (Å²) >= 11 is 0. The summed E-state index contributed by atoms with van der Waals surface area (Å²) < 4.78 is 5.44. The first-order chi connectivity index (χ1) is 22.3. The number of carbonyl (C=O) groups excluding carboxylic acids is 1. The Balaban J connectivity index is 2.85. The van der Waals surface area contributed by atoms with Crippen LogP contribution in [-0.4, -0.2) is 73.2 Å². The molecule has 1 aromatic carbocycles. The number of carboxylic acids is 3. The molecular weight excluding hydrogens is 606 g/mol. The smallest absolute Gasteiger partial charge is 0.337 e. The summed E-state index contributed by atoms with van der Waals surface area (Å²) in [6.45, 7) is 5.90. The molecule has 0 radical (unpaired) electrons. The minimum Gasteiger partial charge on any atom is -0.481 e. The van der Waals surface area contributed by atoms with Crippen LogP contribution in [0.3, 0.4) is 0 Å². The lowest BCUT2D eigenvalue weighted by Crippen LogP contribution is -2.55. The highest BCUT2D eigenvalue weighted by atomic mass is 16.5. The van der Waals surface area contributed by atoms with Crippen LogP contribution < -0.4 is 10.1 Å². The summed E-state index contributed by atoms with van der Waals surface area (Å²) in [5.41, 5.74) is -3.18. The maximum absolute atomic E-state index is 13.3. The van der Waals surface area contributed by atoms with Crippen molar-refractivity contribution in [3.05, 3.63) is 42.0 Å². The van der Waals surface area contributed by atoms with E-state index in [2.05, 4.69) is 24.1 Å². The second kappa shape index (κ2) is 21.8. The topological polar surface area (TPSA) is 191 Å². The summed E-state index contributed by atoms with van der Waals surface area (Å²) in [6.07, 6.45) is 12.0. The maximum Gasteiger partial charge on any atom is 0.337 e. The highest BCUT2D eigenvalue weighted by Crippen LogP contribution is 2.26. The van der Waals surface area contributed by atoms with E-state index >= 15 is 0 Å². The van der Waals surface area contributed by atoms with Gasteiger partial charge in [0.1, 0.15) is 18.4 Å². The van der Waals surface area contributed by atoms with Gasteiger partial charge in [-0.1, -0.05) is 88.5 Å². The Morgan fingerprint density at radius 1 is 0.915 bits per heavy atom. The number of unbranched alkanes of at least 4 members (excludes halogenated alkanes) is 8. The van der Waals surface area contributed by atoms with Crippen molar-refractivity contribution in [1.82, 2.24) is 5.32 Å². The molecule has 0 spiro atoms. The summed E-state index contributed by atoms with van der Waals surface area (Å²) in [4.78, 5) is 48.9. The Hall–Kier alpha value is -3.88. The molecule has 11 nitrogen and oxygen atoms in total. The second-order valence-corrected chi connectivity index (χ2v) is 12.3. The molecule has 1 aromatic rings. The van der Waals surface area contributed by atoms with E-state index in [9.17, 15) is 44.7 Å². The number of hydrogen-bond donors (Lipinski definition) is 6. The Kier molecular flexibility index (Phi) is 19.1. The van der Waals surface area contributed by atoms with Crippen molar-refractivity contribution in [2.75, 3.05) is 6.61 Å². The molecule has 11 heteroatoms. The van der Waals surface area contributed by atoms with Gasteiger partial charge in [0.25, 0.3) is 0 Å². The molecule has 0 aliphatic carbocycles. The SMILES string of the molecule is CC#CCOc1ccc(C[C@H](NC(=O)[C@@H](/C=C/CCCCCCC(C)(O)CCCCCCC)[C@@](O)(CC(=O)O)C(=O)O)C(=O)O)cc1. The molecule has 0 aromatic heterocycles. The number of carboxylic acid groups (broad SMARTS) is 3. The Morgan fingerprint density at radius 2 is 1.51 bits per heavy atom. The van der Waals surface area contributed by atoms with Crippen LogP contribution in [-0.2, 0) is 25.6 Å². The summed E-state index contributed by atoms with van der Waals surface area (Å²) in [5, 5.41) is 52.7. The fourth-order valence-corrected chi connectivity index (χ4v) is 5.21. The molecule has 0 aliphatic rings. The van der Waals surface area contributed by atoms with Crippen LogP contribution in [0.4, 0.5) is 0 Å². The van der Waals surface area contributed by atoms with Crippen molar-refractivity contribution in [3.63, 3.8) is 0 Å². The van der Waals surface area contributed by atoms with Gasteiger partial charge in [-0.25, -0.2) is 9.59 Å². The molecule has 262 valence electrons. The number of aliphatic carboxylic acids is 3. The predicted molar refractivity (Wildman–Crippen MR) is 178 cm³/mol. The van der Waals surface area contributed by atoms with Crippen molar-refractivity contribution < 1.29 is 49.4 Å². The van der Waals surface area contributed by atoms with Crippen molar-refractivity contribution in [1.29, 1.82) is 0 Å². The Bertz CT molecular complexity index is 1210. The van der Waals surface area contributed by atoms with Gasteiger partial charge in [0, 0.05) is 6.42 Å². The van der Waals surface area contributed by atoms with Crippen LogP contribution in [0, 0.1) is 17.8 Å². The number of ether oxygens (including phenoxy) is 1. The van der Waals surface area contributed by atoms with Crippen molar-refractivity contribution in [3.8, 4) is 17.6 Å². The van der Waals surface area contributed by atoms with Gasteiger partial charge < -0.3 is 35.6 Å². The lowest BCUT2D eigenvalue weighted by atomic mass is 9.82. The molecular formula is C36H53NO10. The number of benzene rings is 1. The molecule has 6 N–H and O–H groups in total. The first-order valence-electron chi connectivity index (χ1n) is 16.5. The van der Waals surface area contributed by atoms with Crippen LogP contribution in [0.15, 0.2) is 36.4 Å². The number of hydrogen-bond acceptors (Lipinski definition) is 7. The van der Waals surface area contributed by atoms with Crippen LogP contribution in [0.1, 0.15) is 110 Å². The minimum absolute atomic E-state index is 0.164. The largest absolute Gasteiger partial charge is 0.481 e. The maximum atomic E-state index is 13.3. The van der Waals surface area contributed by atoms with E-state index in [-0.39, 0.29) is 13.0 Å². The molecule has 0 saturated carbocycles. The fourth-order valence-electron chi connectivity index (χ4n) is 5.21. The number of aliphatic hydroxyl groups is 2. The van der Waals surface area contributed by atoms with Gasteiger partial charge in [0.05, 0.1) is 17.9 Å². The van der Waals surface area contributed by atoms with Gasteiger partial charge in [0.2, 0.25) is 5.91 Å². The molecule has 0 bridgehead atoms. The zero-order valence-corrected chi connectivity index (χ0v) is 28.0. The van der Waals surface area contributed by atoms with Gasteiger partial charge in [-0.05, 0) is 57.2 Å². The summed E-state index contributed by atoms with van der Waals surface area (Å²) in [6, 6.07) is 4.97. The fraction of sp³-hybridized carbons (Fsp3) is 0.611. The third kappa shape index (κ3) is 16.5. The van der Waals surface area contributed by atoms with Crippen molar-refractivity contribution in [2.24, 2.45) is 5.92 Å². The standard InChI is InChI=1S/C36H53NO10/c1-4-6-8-12-15-22-35(3,45)23-16-13-10-9-11-14-17-29(36(46,34(43)44)26-31(38)39)32(40)37-30(33(41)42)25-27-18-20-28(21-19-27)47-24-7-5-2/h14,17-21,29-30,45-46H,4,6,8-13,15-16,22-26H2,1-3H3,(H,37,40)(H,38,39)(H,41,42)(H,43,44)/b17-14+/t29-,30+,35?,36+/m1/s1. The second-order valence-electron chi connectivity index (χ2n) is 12.3. The number of allylic oxidation sites excluding steroid dienone is 1. The molecule has 47 heavy (non-hydrogen) atoms. The molecule has 0 saturated heterocycles. The number of amides is 1. The summed E-state index contributed by atoms with van der Waals surface area (Å²) in [5.74, 6) is -1.99. The van der Waals surface area contributed by atoms with E-state index in [4.69, 9.17) is 4.74 Å². The first-order valence-corrected chi connectivity index (χ1v) is 16.5. The van der Waals surface area contributed by atoms with E-state index < -0.39 is 53.4 Å². The normalized spacial score (nSPS) is 15.0.